The fourth-order valence-corrected chi connectivity index (χ4v) is 1.94. The lowest BCUT2D eigenvalue weighted by Crippen LogP contribution is -2.23. The fourth-order valence-electron chi connectivity index (χ4n) is 1.94. The van der Waals surface area contributed by atoms with Crippen molar-refractivity contribution in [3.63, 3.8) is 0 Å². The number of carbonyl (C=O) groups excluding carboxylic acids is 1. The van der Waals surface area contributed by atoms with E-state index in [1.54, 1.807) is 19.0 Å². The van der Waals surface area contributed by atoms with Crippen molar-refractivity contribution in [1.29, 1.82) is 0 Å². The molecule has 0 bridgehead atoms. The molecule has 0 aliphatic heterocycles. The van der Waals surface area contributed by atoms with Crippen molar-refractivity contribution in [3.05, 3.63) is 71.3 Å². The molecule has 1 amide bonds. The molecular formula is C16H17NO. The Morgan fingerprint density at radius 1 is 0.944 bits per heavy atom. The topological polar surface area (TPSA) is 20.3 Å². The third-order valence-corrected chi connectivity index (χ3v) is 2.89. The molecule has 2 nitrogen and oxygen atoms in total. The molecule has 2 rings (SSSR count). The Morgan fingerprint density at radius 2 is 1.56 bits per heavy atom. The second-order valence-corrected chi connectivity index (χ2v) is 4.52. The van der Waals surface area contributed by atoms with Crippen LogP contribution in [-0.2, 0) is 6.42 Å². The maximum Gasteiger partial charge on any atom is 0.253 e. The van der Waals surface area contributed by atoms with E-state index in [-0.39, 0.29) is 5.91 Å². The molecule has 0 heterocycles. The number of carbonyl (C=O) groups is 1. The summed E-state index contributed by atoms with van der Waals surface area (Å²) < 4.78 is 0. The summed E-state index contributed by atoms with van der Waals surface area (Å²) in [6, 6.07) is 18.0. The Morgan fingerprint density at radius 3 is 2.22 bits per heavy atom. The van der Waals surface area contributed by atoms with Gasteiger partial charge in [-0.1, -0.05) is 48.5 Å². The Balaban J connectivity index is 2.31. The van der Waals surface area contributed by atoms with Gasteiger partial charge in [0.25, 0.3) is 5.91 Å². The van der Waals surface area contributed by atoms with Gasteiger partial charge in [0.15, 0.2) is 0 Å². The van der Waals surface area contributed by atoms with Gasteiger partial charge in [0.2, 0.25) is 0 Å². The number of amides is 1. The molecule has 0 aliphatic rings. The predicted octanol–water partition coefficient (Wildman–Crippen LogP) is 2.98. The first kappa shape index (κ1) is 12.4. The monoisotopic (exact) mass is 239 g/mol. The lowest BCUT2D eigenvalue weighted by Gasteiger charge is -2.14. The van der Waals surface area contributed by atoms with Crippen LogP contribution in [-0.4, -0.2) is 24.9 Å². The van der Waals surface area contributed by atoms with Gasteiger partial charge in [-0.15, -0.1) is 0 Å². The van der Waals surface area contributed by atoms with Crippen LogP contribution in [0.15, 0.2) is 54.6 Å². The molecule has 0 unspecified atom stereocenters. The highest BCUT2D eigenvalue weighted by atomic mass is 16.2. The molecule has 0 fully saturated rings. The van der Waals surface area contributed by atoms with Crippen molar-refractivity contribution in [2.24, 2.45) is 0 Å². The number of benzene rings is 2. The summed E-state index contributed by atoms with van der Waals surface area (Å²) in [5.41, 5.74) is 3.07. The van der Waals surface area contributed by atoms with Crippen molar-refractivity contribution in [3.8, 4) is 0 Å². The van der Waals surface area contributed by atoms with Gasteiger partial charge in [-0.05, 0) is 23.6 Å². The second kappa shape index (κ2) is 5.50. The fraction of sp³-hybridized carbons (Fsp3) is 0.188. The van der Waals surface area contributed by atoms with E-state index in [4.69, 9.17) is 0 Å². The van der Waals surface area contributed by atoms with E-state index < -0.39 is 0 Å². The van der Waals surface area contributed by atoms with E-state index in [0.29, 0.717) is 0 Å². The van der Waals surface area contributed by atoms with E-state index in [9.17, 15) is 4.79 Å². The van der Waals surface area contributed by atoms with Crippen LogP contribution in [0.4, 0.5) is 0 Å². The Bertz CT molecular complexity index is 532. The van der Waals surface area contributed by atoms with Gasteiger partial charge < -0.3 is 4.90 Å². The van der Waals surface area contributed by atoms with E-state index in [2.05, 4.69) is 12.1 Å². The van der Waals surface area contributed by atoms with Crippen molar-refractivity contribution in [2.45, 2.75) is 6.42 Å². The zero-order valence-corrected chi connectivity index (χ0v) is 10.8. The van der Waals surface area contributed by atoms with Gasteiger partial charge in [-0.3, -0.25) is 4.79 Å². The predicted molar refractivity (Wildman–Crippen MR) is 73.7 cm³/mol. The Kier molecular flexibility index (Phi) is 3.78. The zero-order valence-electron chi connectivity index (χ0n) is 10.8. The first-order chi connectivity index (χ1) is 8.68. The van der Waals surface area contributed by atoms with Crippen LogP contribution < -0.4 is 0 Å². The summed E-state index contributed by atoms with van der Waals surface area (Å²) in [6.07, 6.45) is 0.788. The lowest BCUT2D eigenvalue weighted by atomic mass is 9.99. The van der Waals surface area contributed by atoms with E-state index in [1.807, 2.05) is 42.5 Å². The lowest BCUT2D eigenvalue weighted by molar-refractivity contribution is 0.0826. The van der Waals surface area contributed by atoms with Gasteiger partial charge in [-0.25, -0.2) is 0 Å². The number of hydrogen-bond donors (Lipinski definition) is 0. The SMILES string of the molecule is CN(C)C(=O)c1ccccc1Cc1ccccc1. The van der Waals surface area contributed by atoms with Crippen LogP contribution in [0.5, 0.6) is 0 Å². The minimum absolute atomic E-state index is 0.0570. The molecule has 0 aromatic heterocycles. The van der Waals surface area contributed by atoms with Gasteiger partial charge in [0, 0.05) is 19.7 Å². The van der Waals surface area contributed by atoms with Crippen LogP contribution >= 0.6 is 0 Å². The maximum absolute atomic E-state index is 12.1. The minimum atomic E-state index is 0.0570. The maximum atomic E-state index is 12.1. The van der Waals surface area contributed by atoms with E-state index in [0.717, 1.165) is 17.5 Å². The van der Waals surface area contributed by atoms with Gasteiger partial charge >= 0.3 is 0 Å². The Hall–Kier alpha value is -2.09. The molecule has 0 aliphatic carbocycles. The Labute approximate surface area is 108 Å². The van der Waals surface area contributed by atoms with Crippen LogP contribution in [0, 0.1) is 0 Å². The highest BCUT2D eigenvalue weighted by molar-refractivity contribution is 5.95. The van der Waals surface area contributed by atoms with Crippen LogP contribution in [0.1, 0.15) is 21.5 Å². The molecule has 0 N–H and O–H groups in total. The van der Waals surface area contributed by atoms with Crippen LogP contribution in [0.25, 0.3) is 0 Å². The van der Waals surface area contributed by atoms with Crippen molar-refractivity contribution >= 4 is 5.91 Å². The van der Waals surface area contributed by atoms with Gasteiger partial charge in [0.05, 0.1) is 0 Å². The van der Waals surface area contributed by atoms with Gasteiger partial charge in [0.1, 0.15) is 0 Å². The zero-order chi connectivity index (χ0) is 13.0. The molecule has 0 atom stereocenters. The summed E-state index contributed by atoms with van der Waals surface area (Å²) in [7, 11) is 3.56. The molecule has 0 radical (unpaired) electrons. The molecule has 92 valence electrons. The average Bonchev–Trinajstić information content (AvgIpc) is 2.39. The van der Waals surface area contributed by atoms with E-state index in [1.165, 1.54) is 5.56 Å². The highest BCUT2D eigenvalue weighted by Gasteiger charge is 2.12. The van der Waals surface area contributed by atoms with Crippen LogP contribution in [0.2, 0.25) is 0 Å². The molecule has 2 aromatic carbocycles. The quantitative estimate of drug-likeness (QED) is 0.806. The third-order valence-electron chi connectivity index (χ3n) is 2.89. The largest absolute Gasteiger partial charge is 0.345 e. The molecule has 0 saturated heterocycles. The summed E-state index contributed by atoms with van der Waals surface area (Å²) in [5.74, 6) is 0.0570. The normalized spacial score (nSPS) is 10.1. The van der Waals surface area contributed by atoms with Gasteiger partial charge in [-0.2, -0.15) is 0 Å². The van der Waals surface area contributed by atoms with E-state index >= 15 is 0 Å². The van der Waals surface area contributed by atoms with Crippen LogP contribution in [0.3, 0.4) is 0 Å². The molecule has 18 heavy (non-hydrogen) atoms. The highest BCUT2D eigenvalue weighted by Crippen LogP contribution is 2.15. The molecule has 2 heteroatoms. The molecule has 2 aromatic rings. The van der Waals surface area contributed by atoms with Crippen molar-refractivity contribution < 1.29 is 4.79 Å². The average molecular weight is 239 g/mol. The summed E-state index contributed by atoms with van der Waals surface area (Å²) >= 11 is 0. The molecule has 0 spiro atoms. The number of rotatable bonds is 3. The second-order valence-electron chi connectivity index (χ2n) is 4.52. The number of hydrogen-bond acceptors (Lipinski definition) is 1. The standard InChI is InChI=1S/C16H17NO/c1-17(2)16(18)15-11-7-6-10-14(15)12-13-8-4-3-5-9-13/h3-11H,12H2,1-2H3. The first-order valence-electron chi connectivity index (χ1n) is 6.02. The molecule has 0 saturated carbocycles. The minimum Gasteiger partial charge on any atom is -0.345 e. The summed E-state index contributed by atoms with van der Waals surface area (Å²) in [5, 5.41) is 0. The number of nitrogens with zero attached hydrogens (tertiary/aromatic N) is 1. The molecular weight excluding hydrogens is 222 g/mol. The first-order valence-corrected chi connectivity index (χ1v) is 6.02. The smallest absolute Gasteiger partial charge is 0.253 e. The third kappa shape index (κ3) is 2.77. The summed E-state index contributed by atoms with van der Waals surface area (Å²) in [6.45, 7) is 0. The van der Waals surface area contributed by atoms with Crippen molar-refractivity contribution in [1.82, 2.24) is 4.90 Å². The summed E-state index contributed by atoms with van der Waals surface area (Å²) in [4.78, 5) is 13.7. The van der Waals surface area contributed by atoms with Crippen molar-refractivity contribution in [2.75, 3.05) is 14.1 Å².